The van der Waals surface area contributed by atoms with Crippen molar-refractivity contribution in [3.05, 3.63) is 121 Å². The lowest BCUT2D eigenvalue weighted by atomic mass is 9.88. The second-order valence-electron chi connectivity index (χ2n) is 9.00. The SMILES string of the molecule is COc1ccc(C(C(C)(C)C)=P(c2ccccc2)(c2ccccc2)c2ccccc2)cc1. The highest BCUT2D eigenvalue weighted by Crippen LogP contribution is 2.51. The first-order valence-electron chi connectivity index (χ1n) is 11.1. The Labute approximate surface area is 192 Å². The Morgan fingerprint density at radius 1 is 0.562 bits per heavy atom. The van der Waals surface area contributed by atoms with Crippen LogP contribution < -0.4 is 20.7 Å². The predicted octanol–water partition coefficient (Wildman–Crippen LogP) is 6.26. The van der Waals surface area contributed by atoms with Crippen molar-refractivity contribution in [2.45, 2.75) is 20.8 Å². The van der Waals surface area contributed by atoms with E-state index in [-0.39, 0.29) is 5.41 Å². The Kier molecular flexibility index (Phi) is 6.40. The maximum Gasteiger partial charge on any atom is 0.118 e. The molecule has 0 amide bonds. The summed E-state index contributed by atoms with van der Waals surface area (Å²) < 4.78 is 5.47. The first-order chi connectivity index (χ1) is 15.5. The van der Waals surface area contributed by atoms with E-state index in [4.69, 9.17) is 4.74 Å². The van der Waals surface area contributed by atoms with Crippen LogP contribution in [0.2, 0.25) is 0 Å². The number of methoxy groups -OCH3 is 1. The van der Waals surface area contributed by atoms with E-state index < -0.39 is 6.89 Å². The van der Waals surface area contributed by atoms with E-state index in [9.17, 15) is 0 Å². The van der Waals surface area contributed by atoms with Crippen LogP contribution in [0.3, 0.4) is 0 Å². The molecule has 0 N–H and O–H groups in total. The molecular formula is C30H31OP. The summed E-state index contributed by atoms with van der Waals surface area (Å²) in [6, 6.07) is 41.8. The first-order valence-corrected chi connectivity index (χ1v) is 12.8. The average Bonchev–Trinajstić information content (AvgIpc) is 2.83. The van der Waals surface area contributed by atoms with Crippen molar-refractivity contribution >= 4 is 28.1 Å². The van der Waals surface area contributed by atoms with Gasteiger partial charge >= 0.3 is 0 Å². The van der Waals surface area contributed by atoms with Crippen LogP contribution in [-0.4, -0.2) is 12.4 Å². The summed E-state index contributed by atoms with van der Waals surface area (Å²) >= 11 is 0. The second-order valence-corrected chi connectivity index (χ2v) is 12.3. The molecule has 0 aliphatic rings. The van der Waals surface area contributed by atoms with Crippen molar-refractivity contribution in [2.24, 2.45) is 5.41 Å². The van der Waals surface area contributed by atoms with Gasteiger partial charge < -0.3 is 4.74 Å². The molecule has 4 rings (SSSR count). The minimum absolute atomic E-state index is 0.0656. The highest BCUT2D eigenvalue weighted by atomic mass is 31.2. The molecule has 32 heavy (non-hydrogen) atoms. The predicted molar refractivity (Wildman–Crippen MR) is 142 cm³/mol. The van der Waals surface area contributed by atoms with Gasteiger partial charge in [-0.25, -0.2) is 0 Å². The quantitative estimate of drug-likeness (QED) is 0.334. The Balaban J connectivity index is 2.29. The van der Waals surface area contributed by atoms with E-state index in [2.05, 4.69) is 136 Å². The molecule has 0 heterocycles. The fourth-order valence-corrected chi connectivity index (χ4v) is 9.74. The van der Waals surface area contributed by atoms with Crippen LogP contribution >= 0.6 is 6.89 Å². The highest BCUT2D eigenvalue weighted by molar-refractivity contribution is 7.95. The second kappa shape index (κ2) is 9.23. The molecular weight excluding hydrogens is 407 g/mol. The summed E-state index contributed by atoms with van der Waals surface area (Å²) in [5.74, 6) is 0.880. The van der Waals surface area contributed by atoms with Crippen molar-refractivity contribution in [1.82, 2.24) is 0 Å². The van der Waals surface area contributed by atoms with Crippen LogP contribution in [0.4, 0.5) is 0 Å². The fourth-order valence-electron chi connectivity index (χ4n) is 4.67. The minimum atomic E-state index is -2.15. The molecule has 0 aromatic heterocycles. The van der Waals surface area contributed by atoms with Crippen LogP contribution in [0.1, 0.15) is 26.3 Å². The molecule has 0 radical (unpaired) electrons. The third kappa shape index (κ3) is 4.06. The molecule has 0 unspecified atom stereocenters. The lowest BCUT2D eigenvalue weighted by Crippen LogP contribution is -2.36. The third-order valence-corrected chi connectivity index (χ3v) is 10.7. The maximum atomic E-state index is 5.47. The Morgan fingerprint density at radius 2 is 0.938 bits per heavy atom. The summed E-state index contributed by atoms with van der Waals surface area (Å²) in [6.45, 7) is 4.88. The van der Waals surface area contributed by atoms with Crippen LogP contribution in [0, 0.1) is 5.41 Å². The molecule has 0 aliphatic heterocycles. The van der Waals surface area contributed by atoms with Crippen molar-refractivity contribution in [1.29, 1.82) is 0 Å². The van der Waals surface area contributed by atoms with Crippen molar-refractivity contribution in [3.8, 4) is 5.75 Å². The molecule has 0 aliphatic carbocycles. The normalized spacial score (nSPS) is 11.8. The lowest BCUT2D eigenvalue weighted by molar-refractivity contribution is 0.415. The average molecular weight is 439 g/mol. The third-order valence-electron chi connectivity index (χ3n) is 5.84. The van der Waals surface area contributed by atoms with E-state index >= 15 is 0 Å². The van der Waals surface area contributed by atoms with Gasteiger partial charge in [-0.3, -0.25) is 0 Å². The molecule has 2 heteroatoms. The van der Waals surface area contributed by atoms with Crippen molar-refractivity contribution < 1.29 is 4.74 Å². The molecule has 0 spiro atoms. The van der Waals surface area contributed by atoms with Gasteiger partial charge in [0, 0.05) is 0 Å². The smallest absolute Gasteiger partial charge is 0.118 e. The van der Waals surface area contributed by atoms with Crippen LogP contribution in [-0.2, 0) is 0 Å². The Hall–Kier alpha value is -3.02. The van der Waals surface area contributed by atoms with Crippen LogP contribution in [0.25, 0.3) is 0 Å². The molecule has 0 atom stereocenters. The van der Waals surface area contributed by atoms with Gasteiger partial charge in [0.2, 0.25) is 0 Å². The molecule has 162 valence electrons. The number of benzene rings is 4. The van der Waals surface area contributed by atoms with Gasteiger partial charge in [-0.15, -0.1) is 0 Å². The van der Waals surface area contributed by atoms with E-state index in [0.29, 0.717) is 0 Å². The lowest BCUT2D eigenvalue weighted by Gasteiger charge is -2.39. The van der Waals surface area contributed by atoms with E-state index in [1.54, 1.807) is 7.11 Å². The summed E-state index contributed by atoms with van der Waals surface area (Å²) in [5.41, 5.74) is 1.20. The van der Waals surface area contributed by atoms with Gasteiger partial charge in [0.05, 0.1) is 7.11 Å². The first kappa shape index (κ1) is 22.2. The largest absolute Gasteiger partial charge is 0.497 e. The zero-order chi connectivity index (χ0) is 22.6. The summed E-state index contributed by atoms with van der Waals surface area (Å²) in [6.07, 6.45) is 0. The Morgan fingerprint density at radius 3 is 1.25 bits per heavy atom. The van der Waals surface area contributed by atoms with Crippen molar-refractivity contribution in [3.63, 3.8) is 0 Å². The van der Waals surface area contributed by atoms with Gasteiger partial charge in [0.25, 0.3) is 0 Å². The number of rotatable bonds is 5. The van der Waals surface area contributed by atoms with Crippen LogP contribution in [0.15, 0.2) is 115 Å². The molecule has 4 aromatic rings. The van der Waals surface area contributed by atoms with Crippen LogP contribution in [0.5, 0.6) is 5.75 Å². The molecule has 0 fully saturated rings. The zero-order valence-electron chi connectivity index (χ0n) is 19.3. The topological polar surface area (TPSA) is 9.23 Å². The monoisotopic (exact) mass is 438 g/mol. The zero-order valence-corrected chi connectivity index (χ0v) is 20.2. The molecule has 0 saturated carbocycles. The van der Waals surface area contributed by atoms with E-state index in [1.165, 1.54) is 26.8 Å². The maximum absolute atomic E-state index is 5.47. The Bertz CT molecular complexity index is 1100. The standard InChI is InChI=1S/C30H31OP/c1-30(2,3)29(24-20-22-25(31-4)23-21-24)32(26-14-8-5-9-15-26,27-16-10-6-11-17-27)28-18-12-7-13-19-28/h5-23H,1-4H3. The molecule has 1 nitrogen and oxygen atoms in total. The number of hydrogen-bond donors (Lipinski definition) is 0. The summed E-state index contributed by atoms with van der Waals surface area (Å²) in [7, 11) is 1.72. The molecule has 0 saturated heterocycles. The number of hydrogen-bond acceptors (Lipinski definition) is 1. The molecule has 0 bridgehead atoms. The summed E-state index contributed by atoms with van der Waals surface area (Å²) in [5, 5.41) is 5.59. The summed E-state index contributed by atoms with van der Waals surface area (Å²) in [4.78, 5) is 0. The van der Waals surface area contributed by atoms with Gasteiger partial charge in [0.1, 0.15) is 5.75 Å². The van der Waals surface area contributed by atoms with Gasteiger partial charge in [0.15, 0.2) is 0 Å². The molecule has 4 aromatic carbocycles. The fraction of sp³-hybridized carbons (Fsp3) is 0.167. The van der Waals surface area contributed by atoms with E-state index in [0.717, 1.165) is 5.75 Å². The number of ether oxygens (including phenoxy) is 1. The minimum Gasteiger partial charge on any atom is -0.497 e. The van der Waals surface area contributed by atoms with Gasteiger partial charge in [-0.2, -0.15) is 0 Å². The van der Waals surface area contributed by atoms with Gasteiger partial charge in [-0.1, -0.05) is 124 Å². The van der Waals surface area contributed by atoms with Gasteiger partial charge in [-0.05, 0) is 51.2 Å². The van der Waals surface area contributed by atoms with E-state index in [1.807, 2.05) is 0 Å². The van der Waals surface area contributed by atoms with Crippen molar-refractivity contribution in [2.75, 3.05) is 7.11 Å². The highest BCUT2D eigenvalue weighted by Gasteiger charge is 2.35.